The number of carbonyl (C=O) groups is 1. The van der Waals surface area contributed by atoms with Crippen LogP contribution in [0.25, 0.3) is 0 Å². The molecule has 0 aromatic heterocycles. The first-order valence-corrected chi connectivity index (χ1v) is 9.73. The molecule has 0 saturated carbocycles. The molecule has 1 aromatic carbocycles. The van der Waals surface area contributed by atoms with Crippen molar-refractivity contribution >= 4 is 17.6 Å². The predicted molar refractivity (Wildman–Crippen MR) is 105 cm³/mol. The molecule has 1 amide bonds. The molecule has 8 heteroatoms. The fourth-order valence-electron chi connectivity index (χ4n) is 4.14. The van der Waals surface area contributed by atoms with Crippen LogP contribution in [0, 0.1) is 5.92 Å². The van der Waals surface area contributed by atoms with Crippen LogP contribution in [-0.2, 0) is 0 Å². The molecule has 1 saturated heterocycles. The van der Waals surface area contributed by atoms with Crippen molar-refractivity contribution < 1.29 is 14.3 Å². The zero-order valence-corrected chi connectivity index (χ0v) is 15.9. The number of guanidine groups is 1. The highest BCUT2D eigenvalue weighted by molar-refractivity contribution is 6.05. The molecule has 8 nitrogen and oxygen atoms in total. The number of aliphatic imine (C=N–C) groups is 2. The number of hydrazine groups is 1. The zero-order chi connectivity index (χ0) is 19.1. The van der Waals surface area contributed by atoms with E-state index < -0.39 is 0 Å². The van der Waals surface area contributed by atoms with Gasteiger partial charge < -0.3 is 14.4 Å². The highest BCUT2D eigenvalue weighted by Crippen LogP contribution is 2.33. The van der Waals surface area contributed by atoms with Gasteiger partial charge in [-0.3, -0.25) is 4.79 Å². The number of nitrogens with zero attached hydrogens (tertiary/aromatic N) is 4. The number of amides is 1. The van der Waals surface area contributed by atoms with E-state index in [1.54, 1.807) is 6.07 Å². The lowest BCUT2D eigenvalue weighted by molar-refractivity contribution is 0.0678. The molecule has 4 aliphatic rings. The number of benzene rings is 1. The third kappa shape index (κ3) is 3.03. The van der Waals surface area contributed by atoms with Crippen LogP contribution in [0.15, 0.2) is 40.0 Å². The zero-order valence-electron chi connectivity index (χ0n) is 15.9. The standard InChI is InChI=1S/C20H23N5O3/c1-13-9-16(25-20(23-13)21-12-22-25)15-3-2-6-24(11-15)19(26)14-4-5-17-18(10-14)28-8-7-27-17/h4-5,9-10,15,22H,2-3,6-8,11-12H2,1H3. The minimum absolute atomic E-state index is 0.0340. The van der Waals surface area contributed by atoms with Gasteiger partial charge in [0.1, 0.15) is 19.9 Å². The van der Waals surface area contributed by atoms with E-state index in [0.29, 0.717) is 49.4 Å². The van der Waals surface area contributed by atoms with Gasteiger partial charge in [0, 0.05) is 36.0 Å². The second-order valence-electron chi connectivity index (χ2n) is 7.38. The number of piperidine rings is 1. The fourth-order valence-corrected chi connectivity index (χ4v) is 4.14. The third-order valence-electron chi connectivity index (χ3n) is 5.46. The van der Waals surface area contributed by atoms with E-state index in [1.807, 2.05) is 29.0 Å². The van der Waals surface area contributed by atoms with Crippen molar-refractivity contribution in [2.75, 3.05) is 33.0 Å². The van der Waals surface area contributed by atoms with Gasteiger partial charge in [0.2, 0.25) is 5.96 Å². The van der Waals surface area contributed by atoms with Gasteiger partial charge in [-0.1, -0.05) is 0 Å². The number of ether oxygens (including phenoxy) is 2. The Labute approximate surface area is 163 Å². The Morgan fingerprint density at radius 3 is 3.00 bits per heavy atom. The van der Waals surface area contributed by atoms with Gasteiger partial charge in [0.05, 0.1) is 0 Å². The maximum absolute atomic E-state index is 13.1. The quantitative estimate of drug-likeness (QED) is 0.845. The van der Waals surface area contributed by atoms with Crippen molar-refractivity contribution in [1.29, 1.82) is 0 Å². The summed E-state index contributed by atoms with van der Waals surface area (Å²) in [4.78, 5) is 24.0. The number of allylic oxidation sites excluding steroid dienone is 1. The molecule has 0 bridgehead atoms. The molecule has 4 heterocycles. The van der Waals surface area contributed by atoms with E-state index in [4.69, 9.17) is 9.47 Å². The summed E-state index contributed by atoms with van der Waals surface area (Å²) in [6, 6.07) is 5.44. The highest BCUT2D eigenvalue weighted by Gasteiger charge is 2.33. The van der Waals surface area contributed by atoms with Gasteiger partial charge in [-0.25, -0.2) is 20.4 Å². The van der Waals surface area contributed by atoms with Crippen molar-refractivity contribution in [3.63, 3.8) is 0 Å². The van der Waals surface area contributed by atoms with E-state index in [2.05, 4.69) is 21.5 Å². The van der Waals surface area contributed by atoms with Crippen molar-refractivity contribution in [2.45, 2.75) is 19.8 Å². The second-order valence-corrected chi connectivity index (χ2v) is 7.38. The molecule has 1 aromatic rings. The number of likely N-dealkylation sites (tertiary alicyclic amines) is 1. The predicted octanol–water partition coefficient (Wildman–Crippen LogP) is 1.80. The molecule has 146 valence electrons. The van der Waals surface area contributed by atoms with Crippen molar-refractivity contribution in [3.8, 4) is 11.5 Å². The first kappa shape index (κ1) is 17.2. The Morgan fingerprint density at radius 1 is 1.25 bits per heavy atom. The number of rotatable bonds is 2. The number of nitrogens with one attached hydrogen (secondary N) is 1. The van der Waals surface area contributed by atoms with Crippen molar-refractivity contribution in [1.82, 2.24) is 15.3 Å². The molecule has 0 radical (unpaired) electrons. The fraction of sp³-hybridized carbons (Fsp3) is 0.450. The lowest BCUT2D eigenvalue weighted by Crippen LogP contribution is -2.46. The minimum Gasteiger partial charge on any atom is -0.486 e. The average molecular weight is 381 g/mol. The molecular formula is C20H23N5O3. The van der Waals surface area contributed by atoms with Crippen LogP contribution < -0.4 is 14.9 Å². The normalized spacial score (nSPS) is 23.6. The Bertz CT molecular complexity index is 907. The molecule has 5 rings (SSSR count). The lowest BCUT2D eigenvalue weighted by atomic mass is 9.92. The van der Waals surface area contributed by atoms with Gasteiger partial charge in [0.25, 0.3) is 5.91 Å². The molecule has 1 fully saturated rings. The summed E-state index contributed by atoms with van der Waals surface area (Å²) in [5, 5.41) is 1.97. The molecule has 1 atom stereocenters. The number of hydrogen-bond donors (Lipinski definition) is 1. The third-order valence-corrected chi connectivity index (χ3v) is 5.46. The average Bonchev–Trinajstić information content (AvgIpc) is 3.20. The van der Waals surface area contributed by atoms with E-state index in [9.17, 15) is 4.79 Å². The van der Waals surface area contributed by atoms with E-state index in [-0.39, 0.29) is 11.8 Å². The van der Waals surface area contributed by atoms with Gasteiger partial charge in [-0.2, -0.15) is 0 Å². The van der Waals surface area contributed by atoms with E-state index in [0.717, 1.165) is 30.8 Å². The van der Waals surface area contributed by atoms with Crippen LogP contribution >= 0.6 is 0 Å². The Hall–Kier alpha value is -2.87. The summed E-state index contributed by atoms with van der Waals surface area (Å²) in [6.45, 7) is 5.02. The minimum atomic E-state index is 0.0340. The van der Waals surface area contributed by atoms with Crippen LogP contribution in [0.4, 0.5) is 0 Å². The van der Waals surface area contributed by atoms with Crippen molar-refractivity contribution in [2.24, 2.45) is 15.9 Å². The van der Waals surface area contributed by atoms with Crippen LogP contribution in [0.2, 0.25) is 0 Å². The first-order valence-electron chi connectivity index (χ1n) is 9.73. The maximum Gasteiger partial charge on any atom is 0.254 e. The molecule has 0 spiro atoms. The molecule has 1 N–H and O–H groups in total. The lowest BCUT2D eigenvalue weighted by Gasteiger charge is -2.37. The van der Waals surface area contributed by atoms with Gasteiger partial charge in [-0.05, 0) is 44.0 Å². The van der Waals surface area contributed by atoms with Gasteiger partial charge in [0.15, 0.2) is 11.5 Å². The molecular weight excluding hydrogens is 358 g/mol. The van der Waals surface area contributed by atoms with Crippen molar-refractivity contribution in [3.05, 3.63) is 35.5 Å². The SMILES string of the molecule is CC1=NC2=NCNN2C(C2CCCN(C(=O)c3ccc4c(c3)OCCO4)C2)=C1. The first-order chi connectivity index (χ1) is 13.7. The monoisotopic (exact) mass is 381 g/mol. The summed E-state index contributed by atoms with van der Waals surface area (Å²) in [6.07, 6.45) is 4.10. The van der Waals surface area contributed by atoms with Gasteiger partial charge >= 0.3 is 0 Å². The summed E-state index contributed by atoms with van der Waals surface area (Å²) in [5.74, 6) is 2.34. The maximum atomic E-state index is 13.1. The highest BCUT2D eigenvalue weighted by atomic mass is 16.6. The van der Waals surface area contributed by atoms with Gasteiger partial charge in [-0.15, -0.1) is 0 Å². The number of carbonyl (C=O) groups excluding carboxylic acids is 1. The van der Waals surface area contributed by atoms with Crippen LogP contribution in [0.3, 0.4) is 0 Å². The number of fused-ring (bicyclic) bond motifs is 2. The van der Waals surface area contributed by atoms with E-state index in [1.165, 1.54) is 0 Å². The topological polar surface area (TPSA) is 78.8 Å². The van der Waals surface area contributed by atoms with Crippen LogP contribution in [-0.4, -0.2) is 60.5 Å². The second kappa shape index (κ2) is 6.94. The Balaban J connectivity index is 1.35. The summed E-state index contributed by atoms with van der Waals surface area (Å²) >= 11 is 0. The Kier molecular flexibility index (Phi) is 4.27. The molecule has 1 unspecified atom stereocenters. The molecule has 0 aliphatic carbocycles. The molecule has 4 aliphatic heterocycles. The molecule has 28 heavy (non-hydrogen) atoms. The largest absolute Gasteiger partial charge is 0.486 e. The van der Waals surface area contributed by atoms with Crippen LogP contribution in [0.5, 0.6) is 11.5 Å². The summed E-state index contributed by atoms with van der Waals surface area (Å²) in [5.41, 5.74) is 5.99. The number of hydrogen-bond acceptors (Lipinski definition) is 7. The summed E-state index contributed by atoms with van der Waals surface area (Å²) < 4.78 is 11.2. The van der Waals surface area contributed by atoms with E-state index >= 15 is 0 Å². The smallest absolute Gasteiger partial charge is 0.254 e. The Morgan fingerprint density at radius 2 is 2.11 bits per heavy atom. The van der Waals surface area contributed by atoms with Crippen LogP contribution in [0.1, 0.15) is 30.1 Å². The summed E-state index contributed by atoms with van der Waals surface area (Å²) in [7, 11) is 0.